The van der Waals surface area contributed by atoms with Crippen LogP contribution in [0.1, 0.15) is 44.1 Å². The molecule has 0 radical (unpaired) electrons. The zero-order chi connectivity index (χ0) is 21.1. The molecule has 6 heteroatoms. The Morgan fingerprint density at radius 2 is 2.00 bits per heavy atom. The number of carbonyl (C=O) groups is 1. The van der Waals surface area contributed by atoms with Crippen molar-refractivity contribution >= 4 is 11.7 Å². The molecule has 1 aliphatic carbocycles. The van der Waals surface area contributed by atoms with Crippen molar-refractivity contribution in [2.75, 3.05) is 0 Å². The van der Waals surface area contributed by atoms with Gasteiger partial charge in [-0.05, 0) is 37.7 Å². The summed E-state index contributed by atoms with van der Waals surface area (Å²) in [4.78, 5) is 10.5. The molecule has 0 amide bonds. The number of aliphatic hydroxyl groups is 2. The molecule has 0 heterocycles. The van der Waals surface area contributed by atoms with Crippen LogP contribution in [-0.2, 0) is 11.2 Å². The first-order valence-electron chi connectivity index (χ1n) is 10.2. The number of carboxylic acid groups (broad SMARTS) is 1. The molecule has 0 spiro atoms. The molecule has 4 N–H and O–H groups in total. The minimum Gasteiger partial charge on any atom is -0.481 e. The van der Waals surface area contributed by atoms with Crippen LogP contribution in [0.3, 0.4) is 0 Å². The van der Waals surface area contributed by atoms with Crippen molar-refractivity contribution in [2.45, 2.75) is 57.2 Å². The monoisotopic (exact) mass is 401 g/mol. The van der Waals surface area contributed by atoms with Crippen molar-refractivity contribution in [1.29, 1.82) is 0 Å². The summed E-state index contributed by atoms with van der Waals surface area (Å²) in [5.41, 5.74) is 1.69. The Balaban J connectivity index is 1.89. The van der Waals surface area contributed by atoms with Crippen LogP contribution in [-0.4, -0.2) is 44.4 Å². The van der Waals surface area contributed by atoms with E-state index in [4.69, 9.17) is 5.11 Å². The van der Waals surface area contributed by atoms with Gasteiger partial charge in [0.15, 0.2) is 0 Å². The minimum absolute atomic E-state index is 0.130. The Kier molecular flexibility index (Phi) is 9.60. The Hall–Kier alpha value is -2.44. The highest BCUT2D eigenvalue weighted by Crippen LogP contribution is 2.34. The first-order valence-corrected chi connectivity index (χ1v) is 10.2. The van der Waals surface area contributed by atoms with E-state index in [1.165, 1.54) is 5.56 Å². The molecule has 1 aliphatic rings. The fourth-order valence-corrected chi connectivity index (χ4v) is 3.70. The third-order valence-electron chi connectivity index (χ3n) is 5.34. The van der Waals surface area contributed by atoms with Crippen molar-refractivity contribution < 1.29 is 25.3 Å². The highest BCUT2D eigenvalue weighted by atomic mass is 16.4. The average molecular weight is 402 g/mol. The molecule has 0 aliphatic heterocycles. The van der Waals surface area contributed by atoms with Crippen LogP contribution in [0.5, 0.6) is 0 Å². The zero-order valence-electron chi connectivity index (χ0n) is 16.6. The van der Waals surface area contributed by atoms with Gasteiger partial charge in [0.05, 0.1) is 17.9 Å². The number of aryl methyl sites for hydroxylation is 1. The quantitative estimate of drug-likeness (QED) is 0.196. The summed E-state index contributed by atoms with van der Waals surface area (Å²) in [5, 5.41) is 41.9. The number of benzene rings is 1. The second kappa shape index (κ2) is 12.2. The van der Waals surface area contributed by atoms with E-state index < -0.39 is 18.2 Å². The van der Waals surface area contributed by atoms with Crippen LogP contribution in [0, 0.1) is 11.8 Å². The smallest absolute Gasteiger partial charge is 0.303 e. The van der Waals surface area contributed by atoms with Gasteiger partial charge < -0.3 is 20.5 Å². The van der Waals surface area contributed by atoms with Crippen LogP contribution in [0.25, 0.3) is 0 Å². The SMILES string of the molecule is O=C(O)CCC/C=C/CC1C(O)C/C(=N/O)C1/C=C/C(O)CCc1ccccc1. The van der Waals surface area contributed by atoms with Crippen molar-refractivity contribution in [3.8, 4) is 0 Å². The fourth-order valence-electron chi connectivity index (χ4n) is 3.70. The largest absolute Gasteiger partial charge is 0.481 e. The number of unbranched alkanes of at least 4 members (excludes halogenated alkanes) is 1. The van der Waals surface area contributed by atoms with Gasteiger partial charge in [0.1, 0.15) is 0 Å². The maximum Gasteiger partial charge on any atom is 0.303 e. The number of aliphatic carboxylic acids is 1. The molecule has 1 aromatic carbocycles. The summed E-state index contributed by atoms with van der Waals surface area (Å²) >= 11 is 0. The Bertz CT molecular complexity index is 713. The van der Waals surface area contributed by atoms with Crippen LogP contribution in [0.4, 0.5) is 0 Å². The predicted octanol–water partition coefficient (Wildman–Crippen LogP) is 3.56. The molecular weight excluding hydrogens is 370 g/mol. The van der Waals surface area contributed by atoms with Gasteiger partial charge >= 0.3 is 5.97 Å². The summed E-state index contributed by atoms with van der Waals surface area (Å²) < 4.78 is 0. The van der Waals surface area contributed by atoms with E-state index in [1.807, 2.05) is 48.6 Å². The molecule has 1 aromatic rings. The first-order chi connectivity index (χ1) is 14.0. The molecule has 4 unspecified atom stereocenters. The highest BCUT2D eigenvalue weighted by molar-refractivity contribution is 5.90. The molecule has 4 atom stereocenters. The molecule has 0 saturated heterocycles. The lowest BCUT2D eigenvalue weighted by Gasteiger charge is -2.18. The van der Waals surface area contributed by atoms with Gasteiger partial charge in [-0.25, -0.2) is 0 Å². The van der Waals surface area contributed by atoms with E-state index >= 15 is 0 Å². The number of nitrogens with zero attached hydrogens (tertiary/aromatic N) is 1. The number of rotatable bonds is 11. The van der Waals surface area contributed by atoms with E-state index in [0.717, 1.165) is 6.42 Å². The third-order valence-corrected chi connectivity index (χ3v) is 5.34. The molecule has 2 rings (SSSR count). The average Bonchev–Trinajstić information content (AvgIpc) is 3.02. The lowest BCUT2D eigenvalue weighted by molar-refractivity contribution is -0.137. The van der Waals surface area contributed by atoms with Crippen LogP contribution >= 0.6 is 0 Å². The molecular formula is C23H31NO5. The number of allylic oxidation sites excluding steroid dienone is 3. The second-order valence-corrected chi connectivity index (χ2v) is 7.52. The summed E-state index contributed by atoms with van der Waals surface area (Å²) in [7, 11) is 0. The standard InChI is InChI=1S/C23H31NO5/c25-18(13-12-17-8-4-3-5-9-17)14-15-19-20(22(26)16-21(19)24-29)10-6-1-2-7-11-23(27)28/h1,3-6,8-9,14-15,18-20,22,25-26,29H,2,7,10-13,16H2,(H,27,28)/b6-1+,15-14+,24-21-. The summed E-state index contributed by atoms with van der Waals surface area (Å²) in [6, 6.07) is 9.96. The summed E-state index contributed by atoms with van der Waals surface area (Å²) in [6.07, 6.45) is 9.88. The van der Waals surface area contributed by atoms with Gasteiger partial charge in [-0.15, -0.1) is 0 Å². The van der Waals surface area contributed by atoms with E-state index in [2.05, 4.69) is 5.16 Å². The van der Waals surface area contributed by atoms with Crippen LogP contribution < -0.4 is 0 Å². The van der Waals surface area contributed by atoms with E-state index in [0.29, 0.717) is 37.8 Å². The van der Waals surface area contributed by atoms with Gasteiger partial charge in [-0.2, -0.15) is 0 Å². The van der Waals surface area contributed by atoms with Gasteiger partial charge in [-0.1, -0.05) is 59.8 Å². The van der Waals surface area contributed by atoms with E-state index in [9.17, 15) is 20.2 Å². The molecule has 0 bridgehead atoms. The minimum atomic E-state index is -0.801. The lowest BCUT2D eigenvalue weighted by Crippen LogP contribution is -2.19. The molecule has 1 fully saturated rings. The number of carboxylic acids is 1. The predicted molar refractivity (Wildman–Crippen MR) is 112 cm³/mol. The normalized spacial score (nSPS) is 24.6. The number of aliphatic hydroxyl groups excluding tert-OH is 2. The Morgan fingerprint density at radius 3 is 2.69 bits per heavy atom. The zero-order valence-corrected chi connectivity index (χ0v) is 16.6. The van der Waals surface area contributed by atoms with Crippen molar-refractivity contribution in [2.24, 2.45) is 17.0 Å². The molecule has 29 heavy (non-hydrogen) atoms. The van der Waals surface area contributed by atoms with Gasteiger partial charge in [0.25, 0.3) is 0 Å². The molecule has 6 nitrogen and oxygen atoms in total. The fraction of sp³-hybridized carbons (Fsp3) is 0.478. The maximum absolute atomic E-state index is 10.5. The first kappa shape index (κ1) is 22.8. The maximum atomic E-state index is 10.5. The number of hydrogen-bond acceptors (Lipinski definition) is 5. The molecule has 1 saturated carbocycles. The summed E-state index contributed by atoms with van der Waals surface area (Å²) in [5.74, 6) is -1.16. The topological polar surface area (TPSA) is 110 Å². The van der Waals surface area contributed by atoms with Crippen molar-refractivity contribution in [3.05, 3.63) is 60.2 Å². The van der Waals surface area contributed by atoms with Crippen molar-refractivity contribution in [1.82, 2.24) is 0 Å². The van der Waals surface area contributed by atoms with Gasteiger partial charge in [-0.3, -0.25) is 4.79 Å². The van der Waals surface area contributed by atoms with E-state index in [1.54, 1.807) is 6.08 Å². The van der Waals surface area contributed by atoms with E-state index in [-0.39, 0.29) is 18.3 Å². The Morgan fingerprint density at radius 1 is 1.24 bits per heavy atom. The van der Waals surface area contributed by atoms with Gasteiger partial charge in [0, 0.05) is 24.7 Å². The van der Waals surface area contributed by atoms with Crippen LogP contribution in [0.2, 0.25) is 0 Å². The van der Waals surface area contributed by atoms with Crippen LogP contribution in [0.15, 0.2) is 59.8 Å². The third kappa shape index (κ3) is 7.83. The molecule has 0 aromatic heterocycles. The molecule has 158 valence electrons. The Labute approximate surface area is 171 Å². The highest BCUT2D eigenvalue weighted by Gasteiger charge is 2.38. The number of hydrogen-bond donors (Lipinski definition) is 4. The van der Waals surface area contributed by atoms with Gasteiger partial charge in [0.2, 0.25) is 0 Å². The summed E-state index contributed by atoms with van der Waals surface area (Å²) in [6.45, 7) is 0. The second-order valence-electron chi connectivity index (χ2n) is 7.52. The lowest BCUT2D eigenvalue weighted by atomic mass is 9.89. The number of oxime groups is 1. The van der Waals surface area contributed by atoms with Crippen molar-refractivity contribution in [3.63, 3.8) is 0 Å².